The number of benzene rings is 1. The van der Waals surface area contributed by atoms with Crippen LogP contribution in [0, 0.1) is 0 Å². The van der Waals surface area contributed by atoms with Crippen LogP contribution in [0.2, 0.25) is 0 Å². The van der Waals surface area contributed by atoms with Gasteiger partial charge in [-0.2, -0.15) is 0 Å². The Balaban J connectivity index is 2.00. The zero-order chi connectivity index (χ0) is 17.5. The van der Waals surface area contributed by atoms with Gasteiger partial charge in [-0.15, -0.1) is 11.3 Å². The fraction of sp³-hybridized carbons (Fsp3) is 0.294. The second-order valence-electron chi connectivity index (χ2n) is 5.07. The van der Waals surface area contributed by atoms with Gasteiger partial charge in [-0.1, -0.05) is 22.0 Å². The molecule has 0 saturated heterocycles. The van der Waals surface area contributed by atoms with Crippen molar-refractivity contribution in [2.75, 3.05) is 7.11 Å². The summed E-state index contributed by atoms with van der Waals surface area (Å²) in [5.41, 5.74) is 0. The summed E-state index contributed by atoms with van der Waals surface area (Å²) in [6, 6.07) is 10.5. The Bertz CT molecular complexity index is 672. The van der Waals surface area contributed by atoms with E-state index in [1.54, 1.807) is 19.1 Å². The van der Waals surface area contributed by atoms with E-state index in [-0.39, 0.29) is 18.3 Å². The molecule has 0 saturated carbocycles. The first-order valence-corrected chi connectivity index (χ1v) is 8.99. The average Bonchev–Trinajstić information content (AvgIpc) is 3.10. The SMILES string of the molecule is COC(=O)CC(NC(=O)C(C)Oc1ccc(Br)cc1)c1cccs1. The molecule has 0 radical (unpaired) electrons. The Morgan fingerprint density at radius 1 is 1.25 bits per heavy atom. The second-order valence-corrected chi connectivity index (χ2v) is 6.97. The lowest BCUT2D eigenvalue weighted by atomic mass is 10.1. The first-order chi connectivity index (χ1) is 11.5. The molecule has 2 unspecified atom stereocenters. The molecule has 128 valence electrons. The number of thiophene rings is 1. The Kier molecular flexibility index (Phi) is 6.81. The highest BCUT2D eigenvalue weighted by Crippen LogP contribution is 2.23. The second kappa shape index (κ2) is 8.84. The van der Waals surface area contributed by atoms with E-state index in [1.807, 2.05) is 29.6 Å². The van der Waals surface area contributed by atoms with Crippen molar-refractivity contribution in [1.82, 2.24) is 5.32 Å². The van der Waals surface area contributed by atoms with Gasteiger partial charge in [0.2, 0.25) is 0 Å². The molecule has 5 nitrogen and oxygen atoms in total. The third-order valence-corrected chi connectivity index (χ3v) is 4.81. The molecule has 0 aliphatic carbocycles. The van der Waals surface area contributed by atoms with Gasteiger partial charge in [-0.3, -0.25) is 9.59 Å². The Labute approximate surface area is 153 Å². The van der Waals surface area contributed by atoms with Crippen LogP contribution < -0.4 is 10.1 Å². The van der Waals surface area contributed by atoms with E-state index in [9.17, 15) is 9.59 Å². The number of hydrogen-bond donors (Lipinski definition) is 1. The van der Waals surface area contributed by atoms with Crippen molar-refractivity contribution in [3.05, 3.63) is 51.1 Å². The third-order valence-electron chi connectivity index (χ3n) is 3.30. The van der Waals surface area contributed by atoms with Crippen molar-refractivity contribution < 1.29 is 19.1 Å². The Hall–Kier alpha value is -1.86. The summed E-state index contributed by atoms with van der Waals surface area (Å²) in [5, 5.41) is 4.75. The standard InChI is InChI=1S/C17H18BrNO4S/c1-11(23-13-7-5-12(18)6-8-13)17(21)19-14(10-16(20)22-2)15-4-3-9-24-15/h3-9,11,14H,10H2,1-2H3,(H,19,21). The lowest BCUT2D eigenvalue weighted by Crippen LogP contribution is -2.39. The average molecular weight is 412 g/mol. The van der Waals surface area contributed by atoms with Gasteiger partial charge < -0.3 is 14.8 Å². The van der Waals surface area contributed by atoms with Gasteiger partial charge in [0.15, 0.2) is 6.10 Å². The number of carbonyl (C=O) groups is 2. The molecule has 1 aromatic heterocycles. The lowest BCUT2D eigenvalue weighted by molar-refractivity contribution is -0.141. The molecule has 0 fully saturated rings. The van der Waals surface area contributed by atoms with E-state index >= 15 is 0 Å². The number of amides is 1. The first kappa shape index (κ1) is 18.5. The number of halogens is 1. The number of methoxy groups -OCH3 is 1. The van der Waals surface area contributed by atoms with Crippen molar-refractivity contribution in [1.29, 1.82) is 0 Å². The predicted octanol–water partition coefficient (Wildman–Crippen LogP) is 3.70. The molecule has 24 heavy (non-hydrogen) atoms. The van der Waals surface area contributed by atoms with E-state index in [1.165, 1.54) is 18.4 Å². The largest absolute Gasteiger partial charge is 0.481 e. The molecule has 0 spiro atoms. The fourth-order valence-electron chi connectivity index (χ4n) is 2.02. The summed E-state index contributed by atoms with van der Waals surface area (Å²) in [6.07, 6.45) is -0.611. The molecule has 7 heteroatoms. The number of ether oxygens (including phenoxy) is 2. The van der Waals surface area contributed by atoms with Crippen molar-refractivity contribution in [3.63, 3.8) is 0 Å². The molecular formula is C17H18BrNO4S. The zero-order valence-corrected chi connectivity index (χ0v) is 15.7. The number of hydrogen-bond acceptors (Lipinski definition) is 5. The lowest BCUT2D eigenvalue weighted by Gasteiger charge is -2.20. The molecule has 0 bridgehead atoms. The van der Waals surface area contributed by atoms with Gasteiger partial charge in [0, 0.05) is 9.35 Å². The van der Waals surface area contributed by atoms with Gasteiger partial charge in [0.25, 0.3) is 5.91 Å². The van der Waals surface area contributed by atoms with E-state index in [2.05, 4.69) is 21.2 Å². The molecule has 0 aliphatic heterocycles. The molecule has 2 atom stereocenters. The highest BCUT2D eigenvalue weighted by Gasteiger charge is 2.23. The van der Waals surface area contributed by atoms with E-state index in [0.717, 1.165) is 9.35 Å². The minimum atomic E-state index is -0.689. The summed E-state index contributed by atoms with van der Waals surface area (Å²) in [6.45, 7) is 1.67. The van der Waals surface area contributed by atoms with Crippen LogP contribution in [0.15, 0.2) is 46.3 Å². The fourth-order valence-corrected chi connectivity index (χ4v) is 3.06. The molecule has 1 aromatic carbocycles. The predicted molar refractivity (Wildman–Crippen MR) is 96.1 cm³/mol. The quantitative estimate of drug-likeness (QED) is 0.705. The highest BCUT2D eigenvalue weighted by atomic mass is 79.9. The van der Waals surface area contributed by atoms with Crippen molar-refractivity contribution in [3.8, 4) is 5.75 Å². The van der Waals surface area contributed by atoms with Crippen LogP contribution in [0.3, 0.4) is 0 Å². The Morgan fingerprint density at radius 2 is 1.96 bits per heavy atom. The Morgan fingerprint density at radius 3 is 2.54 bits per heavy atom. The van der Waals surface area contributed by atoms with Crippen molar-refractivity contribution in [2.24, 2.45) is 0 Å². The third kappa shape index (κ3) is 5.35. The molecule has 0 aliphatic rings. The topological polar surface area (TPSA) is 64.6 Å². The van der Waals surface area contributed by atoms with Crippen LogP contribution in [0.1, 0.15) is 24.3 Å². The summed E-state index contributed by atoms with van der Waals surface area (Å²) in [7, 11) is 1.33. The summed E-state index contributed by atoms with van der Waals surface area (Å²) < 4.78 is 11.3. The van der Waals surface area contributed by atoms with Crippen molar-refractivity contribution in [2.45, 2.75) is 25.5 Å². The molecule has 2 aromatic rings. The summed E-state index contributed by atoms with van der Waals surface area (Å²) in [5.74, 6) is -0.0723. The van der Waals surface area contributed by atoms with E-state index < -0.39 is 12.1 Å². The normalized spacial score (nSPS) is 13.0. The van der Waals surface area contributed by atoms with Crippen molar-refractivity contribution >= 4 is 39.1 Å². The van der Waals surface area contributed by atoms with E-state index in [4.69, 9.17) is 9.47 Å². The number of rotatable bonds is 7. The molecular weight excluding hydrogens is 394 g/mol. The van der Waals surface area contributed by atoms with E-state index in [0.29, 0.717) is 5.75 Å². The first-order valence-electron chi connectivity index (χ1n) is 7.32. The summed E-state index contributed by atoms with van der Waals surface area (Å²) in [4.78, 5) is 24.9. The van der Waals surface area contributed by atoms with Crippen LogP contribution in [-0.4, -0.2) is 25.1 Å². The van der Waals surface area contributed by atoms with Gasteiger partial charge in [0.1, 0.15) is 5.75 Å². The summed E-state index contributed by atoms with van der Waals surface area (Å²) >= 11 is 4.82. The van der Waals surface area contributed by atoms with Gasteiger partial charge >= 0.3 is 5.97 Å². The maximum absolute atomic E-state index is 12.4. The monoisotopic (exact) mass is 411 g/mol. The smallest absolute Gasteiger partial charge is 0.307 e. The zero-order valence-electron chi connectivity index (χ0n) is 13.3. The number of carbonyl (C=O) groups excluding carboxylic acids is 2. The van der Waals surface area contributed by atoms with Gasteiger partial charge in [-0.05, 0) is 42.6 Å². The van der Waals surface area contributed by atoms with Crippen LogP contribution in [0.5, 0.6) is 5.75 Å². The van der Waals surface area contributed by atoms with Gasteiger partial charge in [0.05, 0.1) is 19.6 Å². The maximum atomic E-state index is 12.4. The molecule has 1 N–H and O–H groups in total. The van der Waals surface area contributed by atoms with Crippen LogP contribution in [0.25, 0.3) is 0 Å². The minimum Gasteiger partial charge on any atom is -0.481 e. The molecule has 2 rings (SSSR count). The maximum Gasteiger partial charge on any atom is 0.307 e. The van der Waals surface area contributed by atoms with Crippen LogP contribution in [0.4, 0.5) is 0 Å². The highest BCUT2D eigenvalue weighted by molar-refractivity contribution is 9.10. The molecule has 1 heterocycles. The molecule has 1 amide bonds. The van der Waals surface area contributed by atoms with Crippen LogP contribution in [-0.2, 0) is 14.3 Å². The van der Waals surface area contributed by atoms with Crippen LogP contribution >= 0.6 is 27.3 Å². The minimum absolute atomic E-state index is 0.0771. The number of esters is 1. The number of nitrogens with one attached hydrogen (secondary N) is 1. The van der Waals surface area contributed by atoms with Gasteiger partial charge in [-0.25, -0.2) is 0 Å².